The van der Waals surface area contributed by atoms with Crippen molar-refractivity contribution in [3.63, 3.8) is 0 Å². The van der Waals surface area contributed by atoms with Crippen molar-refractivity contribution in [2.24, 2.45) is 0 Å². The lowest BCUT2D eigenvalue weighted by atomic mass is 10.1. The molecular weight excluding hydrogens is 281 g/mol. The van der Waals surface area contributed by atoms with Crippen molar-refractivity contribution in [1.82, 2.24) is 14.7 Å². The molecular formula is C17H14FN3O. The Hall–Kier alpha value is -2.69. The smallest absolute Gasteiger partial charge is 0.271 e. The molecule has 5 heteroatoms. The topological polar surface area (TPSA) is 46.4 Å². The summed E-state index contributed by atoms with van der Waals surface area (Å²) in [5, 5.41) is 2.96. The van der Waals surface area contributed by atoms with Crippen LogP contribution in [0.3, 0.4) is 0 Å². The monoisotopic (exact) mass is 295 g/mol. The van der Waals surface area contributed by atoms with Gasteiger partial charge in [0, 0.05) is 24.4 Å². The minimum Gasteiger partial charge on any atom is -0.347 e. The number of amides is 1. The largest absolute Gasteiger partial charge is 0.347 e. The van der Waals surface area contributed by atoms with Crippen molar-refractivity contribution in [3.8, 4) is 0 Å². The van der Waals surface area contributed by atoms with E-state index in [9.17, 15) is 9.18 Å². The van der Waals surface area contributed by atoms with Crippen LogP contribution in [0.1, 0.15) is 28.4 Å². The van der Waals surface area contributed by atoms with Gasteiger partial charge in [-0.3, -0.25) is 4.79 Å². The number of imidazole rings is 1. The maximum absolute atomic E-state index is 13.2. The molecule has 2 atom stereocenters. The molecule has 0 spiro atoms. The summed E-state index contributed by atoms with van der Waals surface area (Å²) in [6, 6.07) is 12.2. The summed E-state index contributed by atoms with van der Waals surface area (Å²) in [6.07, 6.45) is 4.40. The van der Waals surface area contributed by atoms with E-state index in [4.69, 9.17) is 0 Å². The summed E-state index contributed by atoms with van der Waals surface area (Å²) in [7, 11) is 0. The Balaban J connectivity index is 1.47. The number of halogens is 1. The van der Waals surface area contributed by atoms with Crippen LogP contribution in [0.25, 0.3) is 5.65 Å². The van der Waals surface area contributed by atoms with Crippen LogP contribution >= 0.6 is 0 Å². The molecule has 1 fully saturated rings. The molecule has 4 nitrogen and oxygen atoms in total. The van der Waals surface area contributed by atoms with Crippen molar-refractivity contribution in [1.29, 1.82) is 0 Å². The lowest BCUT2D eigenvalue weighted by molar-refractivity contribution is 0.0946. The number of carbonyl (C=O) groups is 1. The first-order valence-electron chi connectivity index (χ1n) is 7.21. The quantitative estimate of drug-likeness (QED) is 0.807. The molecule has 2 heterocycles. The first-order chi connectivity index (χ1) is 10.7. The molecule has 0 saturated heterocycles. The van der Waals surface area contributed by atoms with Crippen LogP contribution in [-0.2, 0) is 0 Å². The summed E-state index contributed by atoms with van der Waals surface area (Å²) in [4.78, 5) is 16.5. The number of fused-ring (bicyclic) bond motifs is 1. The molecule has 0 radical (unpaired) electrons. The van der Waals surface area contributed by atoms with Crippen LogP contribution in [-0.4, -0.2) is 21.3 Å². The number of pyridine rings is 1. The molecule has 3 aromatic rings. The van der Waals surface area contributed by atoms with Gasteiger partial charge in [0.1, 0.15) is 17.2 Å². The highest BCUT2D eigenvalue weighted by Gasteiger charge is 2.40. The highest BCUT2D eigenvalue weighted by Crippen LogP contribution is 2.41. The maximum atomic E-state index is 13.2. The highest BCUT2D eigenvalue weighted by atomic mass is 19.1. The van der Waals surface area contributed by atoms with Crippen LogP contribution < -0.4 is 5.32 Å². The predicted octanol–water partition coefficient (Wildman–Crippen LogP) is 2.76. The van der Waals surface area contributed by atoms with Crippen LogP contribution in [0, 0.1) is 5.82 Å². The van der Waals surface area contributed by atoms with Gasteiger partial charge in [-0.15, -0.1) is 0 Å². The zero-order valence-corrected chi connectivity index (χ0v) is 11.7. The summed E-state index contributed by atoms with van der Waals surface area (Å²) in [6.45, 7) is 0. The minimum atomic E-state index is -0.241. The van der Waals surface area contributed by atoms with Crippen LogP contribution in [0.2, 0.25) is 0 Å². The third-order valence-corrected chi connectivity index (χ3v) is 3.98. The summed E-state index contributed by atoms with van der Waals surface area (Å²) < 4.78 is 15.0. The zero-order chi connectivity index (χ0) is 15.1. The lowest BCUT2D eigenvalue weighted by Gasteiger charge is -2.03. The van der Waals surface area contributed by atoms with Gasteiger partial charge >= 0.3 is 0 Å². The molecule has 0 unspecified atom stereocenters. The fourth-order valence-electron chi connectivity index (χ4n) is 2.75. The van der Waals surface area contributed by atoms with Gasteiger partial charge in [-0.2, -0.15) is 0 Å². The van der Waals surface area contributed by atoms with E-state index in [2.05, 4.69) is 10.3 Å². The molecule has 22 heavy (non-hydrogen) atoms. The van der Waals surface area contributed by atoms with Gasteiger partial charge in [0.05, 0.1) is 0 Å². The second-order valence-corrected chi connectivity index (χ2v) is 5.57. The van der Waals surface area contributed by atoms with Crippen LogP contribution in [0.5, 0.6) is 0 Å². The Morgan fingerprint density at radius 1 is 1.27 bits per heavy atom. The zero-order valence-electron chi connectivity index (χ0n) is 11.7. The molecule has 0 aliphatic heterocycles. The predicted molar refractivity (Wildman–Crippen MR) is 80.2 cm³/mol. The number of hydrogen-bond donors (Lipinski definition) is 1. The molecule has 1 amide bonds. The van der Waals surface area contributed by atoms with Gasteiger partial charge < -0.3 is 9.72 Å². The van der Waals surface area contributed by atoms with Crippen molar-refractivity contribution < 1.29 is 9.18 Å². The van der Waals surface area contributed by atoms with Gasteiger partial charge in [-0.05, 0) is 36.2 Å². The van der Waals surface area contributed by atoms with E-state index in [0.29, 0.717) is 5.69 Å². The number of aromatic nitrogens is 2. The maximum Gasteiger partial charge on any atom is 0.271 e. The number of hydrogen-bond acceptors (Lipinski definition) is 2. The normalized spacial score (nSPS) is 20.0. The number of benzene rings is 1. The SMILES string of the molecule is O=C(N[C@H]1C[C@H]1c1cccc(F)c1)c1cn2ccccc2n1. The van der Waals surface area contributed by atoms with E-state index < -0.39 is 0 Å². The minimum absolute atomic E-state index is 0.0547. The Kier molecular flexibility index (Phi) is 2.92. The summed E-state index contributed by atoms with van der Waals surface area (Å²) in [5.41, 5.74) is 2.07. The molecule has 1 aliphatic carbocycles. The average Bonchev–Trinajstić information content (AvgIpc) is 3.14. The molecule has 1 aliphatic rings. The second kappa shape index (κ2) is 4.94. The van der Waals surface area contributed by atoms with Crippen molar-refractivity contribution in [3.05, 3.63) is 71.9 Å². The number of rotatable bonds is 3. The van der Waals surface area contributed by atoms with Crippen molar-refractivity contribution in [2.75, 3.05) is 0 Å². The Labute approximate surface area is 126 Å². The van der Waals surface area contributed by atoms with E-state index in [0.717, 1.165) is 17.6 Å². The van der Waals surface area contributed by atoms with Gasteiger partial charge in [-0.25, -0.2) is 9.37 Å². The highest BCUT2D eigenvalue weighted by molar-refractivity contribution is 5.93. The lowest BCUT2D eigenvalue weighted by Crippen LogP contribution is -2.26. The molecule has 0 bridgehead atoms. The molecule has 1 N–H and O–H groups in total. The third kappa shape index (κ3) is 2.35. The standard InChI is InChI=1S/C17H14FN3O/c18-12-5-3-4-11(8-12)13-9-14(13)20-17(22)15-10-21-7-2-1-6-16(21)19-15/h1-8,10,13-14H,9H2,(H,20,22)/t13-,14-/m0/s1. The van der Waals surface area contributed by atoms with E-state index in [-0.39, 0.29) is 23.7 Å². The molecule has 1 aromatic carbocycles. The van der Waals surface area contributed by atoms with Gasteiger partial charge in [0.25, 0.3) is 5.91 Å². The van der Waals surface area contributed by atoms with E-state index in [1.807, 2.05) is 34.9 Å². The fraction of sp³-hybridized carbons (Fsp3) is 0.176. The molecule has 1 saturated carbocycles. The Morgan fingerprint density at radius 2 is 2.18 bits per heavy atom. The summed E-state index contributed by atoms with van der Waals surface area (Å²) >= 11 is 0. The molecule has 110 valence electrons. The van der Waals surface area contributed by atoms with Crippen LogP contribution in [0.15, 0.2) is 54.9 Å². The Morgan fingerprint density at radius 3 is 3.00 bits per heavy atom. The van der Waals surface area contributed by atoms with E-state index in [1.54, 1.807) is 12.3 Å². The van der Waals surface area contributed by atoms with Crippen LogP contribution in [0.4, 0.5) is 4.39 Å². The van der Waals surface area contributed by atoms with Crippen molar-refractivity contribution >= 4 is 11.6 Å². The molecule has 2 aromatic heterocycles. The van der Waals surface area contributed by atoms with E-state index >= 15 is 0 Å². The van der Waals surface area contributed by atoms with Gasteiger partial charge in [0.15, 0.2) is 0 Å². The number of nitrogens with zero attached hydrogens (tertiary/aromatic N) is 2. The molecule has 4 rings (SSSR count). The first kappa shape index (κ1) is 13.0. The fourth-order valence-corrected chi connectivity index (χ4v) is 2.75. The van der Waals surface area contributed by atoms with Gasteiger partial charge in [0.2, 0.25) is 0 Å². The van der Waals surface area contributed by atoms with E-state index in [1.165, 1.54) is 12.1 Å². The summed E-state index contributed by atoms with van der Waals surface area (Å²) in [5.74, 6) is -0.237. The Bertz CT molecular complexity index is 825. The second-order valence-electron chi connectivity index (χ2n) is 5.57. The van der Waals surface area contributed by atoms with Gasteiger partial charge in [-0.1, -0.05) is 18.2 Å². The average molecular weight is 295 g/mol. The third-order valence-electron chi connectivity index (χ3n) is 3.98. The first-order valence-corrected chi connectivity index (χ1v) is 7.21. The van der Waals surface area contributed by atoms with Crippen molar-refractivity contribution in [2.45, 2.75) is 18.4 Å². The number of nitrogens with one attached hydrogen (secondary N) is 1. The number of carbonyl (C=O) groups excluding carboxylic acids is 1.